The van der Waals surface area contributed by atoms with Crippen LogP contribution in [0.15, 0.2) is 129 Å². The number of nitriles is 2. The van der Waals surface area contributed by atoms with Crippen molar-refractivity contribution in [2.45, 2.75) is 24.5 Å². The molecule has 0 aliphatic carbocycles. The summed E-state index contributed by atoms with van der Waals surface area (Å²) in [6.07, 6.45) is 0.674. The highest BCUT2D eigenvalue weighted by atomic mass is 79.9. The molecule has 0 radical (unpaired) electrons. The van der Waals surface area contributed by atoms with Gasteiger partial charge >= 0.3 is 0 Å². The van der Waals surface area contributed by atoms with Gasteiger partial charge < -0.3 is 15.4 Å². The van der Waals surface area contributed by atoms with Gasteiger partial charge in [-0.3, -0.25) is 4.79 Å². The van der Waals surface area contributed by atoms with Crippen molar-refractivity contribution in [2.75, 3.05) is 12.4 Å². The molecule has 1 aliphatic heterocycles. The average Bonchev–Trinajstić information content (AvgIpc) is 3.05. The number of para-hydroxylation sites is 2. The Morgan fingerprint density at radius 1 is 0.955 bits per heavy atom. The van der Waals surface area contributed by atoms with E-state index in [1.807, 2.05) is 85.8 Å². The summed E-state index contributed by atoms with van der Waals surface area (Å²) in [5.74, 6) is -0.407. The first-order chi connectivity index (χ1) is 21.4. The number of nitrogens with one attached hydrogen (secondary N) is 2. The van der Waals surface area contributed by atoms with Crippen molar-refractivity contribution in [3.8, 4) is 17.9 Å². The van der Waals surface area contributed by atoms with Gasteiger partial charge in [0.15, 0.2) is 0 Å². The van der Waals surface area contributed by atoms with Gasteiger partial charge in [-0.05, 0) is 60.4 Å². The number of allylic oxidation sites excluding steroid dienone is 2. The van der Waals surface area contributed by atoms with Gasteiger partial charge in [0, 0.05) is 21.0 Å². The zero-order valence-corrected chi connectivity index (χ0v) is 26.6. The van der Waals surface area contributed by atoms with Crippen molar-refractivity contribution >= 4 is 39.3 Å². The summed E-state index contributed by atoms with van der Waals surface area (Å²) < 4.78 is 6.27. The van der Waals surface area contributed by atoms with Crippen LogP contribution in [0, 0.1) is 22.7 Å². The van der Waals surface area contributed by atoms with Gasteiger partial charge in [-0.15, -0.1) is 0 Å². The maximum Gasteiger partial charge on any atom is 0.254 e. The molecule has 2 atom stereocenters. The summed E-state index contributed by atoms with van der Waals surface area (Å²) in [4.78, 5) is 14.0. The smallest absolute Gasteiger partial charge is 0.254 e. The first-order valence-corrected chi connectivity index (χ1v) is 15.6. The van der Waals surface area contributed by atoms with Crippen molar-refractivity contribution < 1.29 is 9.53 Å². The largest absolute Gasteiger partial charge is 0.495 e. The SMILES string of the molecule is COc1ccccc1NC(=O)C1=C(C)NC(SC(Cc2ccc(C#N)cc2)c2ccccc2)=C(C#N)C1c1ccccc1Br. The number of benzene rings is 4. The fourth-order valence-electron chi connectivity index (χ4n) is 5.23. The van der Waals surface area contributed by atoms with Crippen molar-refractivity contribution in [2.24, 2.45) is 0 Å². The Labute approximate surface area is 270 Å². The first kappa shape index (κ1) is 30.7. The summed E-state index contributed by atoms with van der Waals surface area (Å²) in [6, 6.07) is 37.3. The van der Waals surface area contributed by atoms with Crippen LogP contribution < -0.4 is 15.4 Å². The normalized spacial score (nSPS) is 15.1. The Kier molecular flexibility index (Phi) is 9.86. The molecule has 1 heterocycles. The number of hydrogen-bond acceptors (Lipinski definition) is 6. The molecule has 2 N–H and O–H groups in total. The second kappa shape index (κ2) is 14.1. The number of ether oxygens (including phenoxy) is 1. The highest BCUT2D eigenvalue weighted by Gasteiger charge is 2.36. The summed E-state index contributed by atoms with van der Waals surface area (Å²) in [5.41, 5.74) is 5.71. The standard InChI is InChI=1S/C36H29BrN4O2S/c1-23-33(35(42)41-30-14-8-9-15-31(30)43-2)34(27-12-6-7-13-29(27)37)28(22-39)36(40-23)44-32(26-10-4-3-5-11-26)20-24-16-18-25(21-38)19-17-24/h3-19,32,34,40H,20H2,1-2H3,(H,41,42). The number of amides is 1. The summed E-state index contributed by atoms with van der Waals surface area (Å²) in [7, 11) is 1.56. The van der Waals surface area contributed by atoms with Crippen LogP contribution >= 0.6 is 27.7 Å². The molecule has 8 heteroatoms. The Bertz CT molecular complexity index is 1820. The molecule has 0 spiro atoms. The lowest BCUT2D eigenvalue weighted by Gasteiger charge is -2.32. The number of rotatable bonds is 9. The molecular weight excluding hydrogens is 632 g/mol. The Morgan fingerprint density at radius 3 is 2.32 bits per heavy atom. The summed E-state index contributed by atoms with van der Waals surface area (Å²) in [5, 5.41) is 27.0. The fourth-order valence-corrected chi connectivity index (χ4v) is 7.10. The molecule has 2 unspecified atom stereocenters. The van der Waals surface area contributed by atoms with Crippen LogP contribution in [0.1, 0.15) is 40.3 Å². The Balaban J connectivity index is 1.57. The van der Waals surface area contributed by atoms with Crippen molar-refractivity contribution in [3.05, 3.63) is 152 Å². The minimum atomic E-state index is -0.625. The maximum atomic E-state index is 14.0. The van der Waals surface area contributed by atoms with Crippen molar-refractivity contribution in [1.82, 2.24) is 5.32 Å². The van der Waals surface area contributed by atoms with E-state index in [9.17, 15) is 15.3 Å². The van der Waals surface area contributed by atoms with Crippen molar-refractivity contribution in [3.63, 3.8) is 0 Å². The van der Waals surface area contributed by atoms with E-state index >= 15 is 0 Å². The number of carbonyl (C=O) groups is 1. The predicted molar refractivity (Wildman–Crippen MR) is 179 cm³/mol. The third kappa shape index (κ3) is 6.73. The third-order valence-electron chi connectivity index (χ3n) is 7.40. The Hall–Kier alpha value is -4.76. The number of anilines is 1. The number of carbonyl (C=O) groups excluding carboxylic acids is 1. The van der Waals surface area contributed by atoms with E-state index in [0.717, 1.165) is 21.2 Å². The molecule has 4 aromatic rings. The number of methoxy groups -OCH3 is 1. The van der Waals surface area contributed by atoms with Crippen molar-refractivity contribution in [1.29, 1.82) is 10.5 Å². The van der Waals surface area contributed by atoms with Gasteiger partial charge in [0.1, 0.15) is 5.75 Å². The van der Waals surface area contributed by atoms with E-state index in [1.54, 1.807) is 31.0 Å². The molecule has 0 fully saturated rings. The molecule has 5 rings (SSSR count). The lowest BCUT2D eigenvalue weighted by molar-refractivity contribution is -0.113. The average molecular weight is 662 g/mol. The van der Waals surface area contributed by atoms with Gasteiger partial charge in [0.25, 0.3) is 5.91 Å². The molecule has 218 valence electrons. The molecule has 4 aromatic carbocycles. The molecule has 6 nitrogen and oxygen atoms in total. The van der Waals surface area contributed by atoms with Crippen LogP contribution in [-0.4, -0.2) is 13.0 Å². The lowest BCUT2D eigenvalue weighted by atomic mass is 9.82. The zero-order valence-electron chi connectivity index (χ0n) is 24.2. The van der Waals surface area contributed by atoms with E-state index in [4.69, 9.17) is 4.74 Å². The third-order valence-corrected chi connectivity index (χ3v) is 9.40. The highest BCUT2D eigenvalue weighted by molar-refractivity contribution is 9.10. The van der Waals surface area contributed by atoms with Crippen LogP contribution in [0.5, 0.6) is 5.75 Å². The minimum Gasteiger partial charge on any atom is -0.495 e. The maximum absolute atomic E-state index is 14.0. The lowest BCUT2D eigenvalue weighted by Crippen LogP contribution is -2.31. The fraction of sp³-hybridized carbons (Fsp3) is 0.139. The van der Waals surface area contributed by atoms with Gasteiger partial charge in [-0.1, -0.05) is 100 Å². The second-order valence-electron chi connectivity index (χ2n) is 10.2. The van der Waals surface area contributed by atoms with Gasteiger partial charge in [-0.25, -0.2) is 0 Å². The number of nitrogens with zero attached hydrogens (tertiary/aromatic N) is 2. The number of dihydropyridines is 1. The number of hydrogen-bond donors (Lipinski definition) is 2. The monoisotopic (exact) mass is 660 g/mol. The van der Waals surface area contributed by atoms with Gasteiger partial charge in [-0.2, -0.15) is 10.5 Å². The summed E-state index contributed by atoms with van der Waals surface area (Å²) in [6.45, 7) is 1.87. The van der Waals surface area contributed by atoms with Crippen LogP contribution in [0.25, 0.3) is 0 Å². The predicted octanol–water partition coefficient (Wildman–Crippen LogP) is 8.38. The molecule has 0 bridgehead atoms. The van der Waals surface area contributed by atoms with Crippen LogP contribution in [0.3, 0.4) is 0 Å². The van der Waals surface area contributed by atoms with Crippen LogP contribution in [0.4, 0.5) is 5.69 Å². The zero-order chi connectivity index (χ0) is 31.1. The topological polar surface area (TPSA) is 97.9 Å². The number of thioether (sulfide) groups is 1. The quantitative estimate of drug-likeness (QED) is 0.187. The molecule has 0 saturated heterocycles. The Morgan fingerprint density at radius 2 is 1.64 bits per heavy atom. The first-order valence-electron chi connectivity index (χ1n) is 13.9. The van der Waals surface area contributed by atoms with E-state index in [1.165, 1.54) is 0 Å². The molecule has 1 aliphatic rings. The van der Waals surface area contributed by atoms with Gasteiger partial charge in [0.05, 0.1) is 47.0 Å². The summed E-state index contributed by atoms with van der Waals surface area (Å²) >= 11 is 5.25. The molecule has 0 saturated carbocycles. The van der Waals surface area contributed by atoms with Crippen LogP contribution in [0.2, 0.25) is 0 Å². The highest BCUT2D eigenvalue weighted by Crippen LogP contribution is 2.47. The second-order valence-corrected chi connectivity index (χ2v) is 12.2. The molecule has 0 aromatic heterocycles. The molecule has 44 heavy (non-hydrogen) atoms. The van der Waals surface area contributed by atoms with Crippen LogP contribution in [-0.2, 0) is 11.2 Å². The van der Waals surface area contributed by atoms with E-state index < -0.39 is 5.92 Å². The van der Waals surface area contributed by atoms with E-state index in [-0.39, 0.29) is 11.2 Å². The molecular formula is C36H29BrN4O2S. The van der Waals surface area contributed by atoms with Gasteiger partial charge in [0.2, 0.25) is 0 Å². The molecule has 1 amide bonds. The minimum absolute atomic E-state index is 0.0494. The van der Waals surface area contributed by atoms with E-state index in [2.05, 4.69) is 50.8 Å². The number of halogens is 1. The van der Waals surface area contributed by atoms with E-state index in [0.29, 0.717) is 45.3 Å².